The molecule has 0 saturated carbocycles. The lowest BCUT2D eigenvalue weighted by Gasteiger charge is -2.22. The lowest BCUT2D eigenvalue weighted by Crippen LogP contribution is -2.12. The van der Waals surface area contributed by atoms with Gasteiger partial charge < -0.3 is 4.42 Å². The molecule has 2 nitrogen and oxygen atoms in total. The second-order valence-electron chi connectivity index (χ2n) is 5.85. The first-order chi connectivity index (χ1) is 7.28. The van der Waals surface area contributed by atoms with Crippen molar-refractivity contribution in [1.82, 2.24) is 4.98 Å². The summed E-state index contributed by atoms with van der Waals surface area (Å²) in [7, 11) is 0. The first-order valence-corrected chi connectivity index (χ1v) is 6.30. The summed E-state index contributed by atoms with van der Waals surface area (Å²) in [6.45, 7) is 10.9. The Bertz CT molecular complexity index is 325. The fourth-order valence-electron chi connectivity index (χ4n) is 2.06. The highest BCUT2D eigenvalue weighted by Gasteiger charge is 2.17. The summed E-state index contributed by atoms with van der Waals surface area (Å²) in [5.74, 6) is 2.17. The number of hydrogen-bond donors (Lipinski definition) is 0. The number of hydrogen-bond acceptors (Lipinski definition) is 2. The highest BCUT2D eigenvalue weighted by Crippen LogP contribution is 2.27. The summed E-state index contributed by atoms with van der Waals surface area (Å²) in [6.07, 6.45) is 3.92. The predicted octanol–water partition coefficient (Wildman–Crippen LogP) is 4.59. The van der Waals surface area contributed by atoms with E-state index in [4.69, 9.17) is 16.0 Å². The molecule has 0 spiro atoms. The van der Waals surface area contributed by atoms with Crippen LogP contribution in [-0.4, -0.2) is 4.98 Å². The van der Waals surface area contributed by atoms with Gasteiger partial charge in [-0.15, -0.1) is 11.6 Å². The van der Waals surface area contributed by atoms with Crippen LogP contribution in [0.1, 0.15) is 58.1 Å². The van der Waals surface area contributed by atoms with E-state index in [1.54, 1.807) is 6.20 Å². The monoisotopic (exact) mass is 243 g/mol. The molecule has 1 aromatic rings. The van der Waals surface area contributed by atoms with Gasteiger partial charge in [0, 0.05) is 6.42 Å². The molecule has 3 heteroatoms. The lowest BCUT2D eigenvalue weighted by molar-refractivity contribution is 0.294. The third-order valence-corrected chi connectivity index (χ3v) is 2.61. The minimum Gasteiger partial charge on any atom is -0.444 e. The molecule has 0 radical (unpaired) electrons. The molecule has 0 bridgehead atoms. The van der Waals surface area contributed by atoms with Crippen LogP contribution in [0.4, 0.5) is 0 Å². The zero-order chi connectivity index (χ0) is 12.3. The van der Waals surface area contributed by atoms with Gasteiger partial charge >= 0.3 is 0 Å². The van der Waals surface area contributed by atoms with Crippen LogP contribution < -0.4 is 0 Å². The zero-order valence-corrected chi connectivity index (χ0v) is 11.6. The Morgan fingerprint density at radius 1 is 1.38 bits per heavy atom. The van der Waals surface area contributed by atoms with Crippen LogP contribution in [0, 0.1) is 11.3 Å². The number of alkyl halides is 1. The van der Waals surface area contributed by atoms with Gasteiger partial charge in [0.1, 0.15) is 11.1 Å². The second kappa shape index (κ2) is 5.22. The van der Waals surface area contributed by atoms with Gasteiger partial charge in [0.15, 0.2) is 0 Å². The molecule has 2 unspecified atom stereocenters. The molecule has 0 aliphatic carbocycles. The molecule has 0 N–H and O–H groups in total. The van der Waals surface area contributed by atoms with E-state index >= 15 is 0 Å². The molecule has 1 aromatic heterocycles. The Morgan fingerprint density at radius 2 is 2.00 bits per heavy atom. The molecule has 0 aliphatic rings. The Balaban J connectivity index is 2.53. The fourth-order valence-corrected chi connectivity index (χ4v) is 2.16. The van der Waals surface area contributed by atoms with Crippen molar-refractivity contribution >= 4 is 11.6 Å². The van der Waals surface area contributed by atoms with Crippen LogP contribution in [0.3, 0.4) is 0 Å². The van der Waals surface area contributed by atoms with E-state index in [2.05, 4.69) is 32.7 Å². The molecule has 0 aromatic carbocycles. The highest BCUT2D eigenvalue weighted by molar-refractivity contribution is 6.20. The van der Waals surface area contributed by atoms with Crippen molar-refractivity contribution in [2.75, 3.05) is 0 Å². The first-order valence-electron chi connectivity index (χ1n) is 5.86. The lowest BCUT2D eigenvalue weighted by atomic mass is 9.84. The number of oxazole rings is 1. The van der Waals surface area contributed by atoms with E-state index in [1.165, 1.54) is 6.42 Å². The van der Waals surface area contributed by atoms with E-state index in [0.717, 1.165) is 12.2 Å². The van der Waals surface area contributed by atoms with Crippen molar-refractivity contribution in [3.05, 3.63) is 17.8 Å². The van der Waals surface area contributed by atoms with Gasteiger partial charge in [-0.3, -0.25) is 0 Å². The molecule has 1 heterocycles. The summed E-state index contributed by atoms with van der Waals surface area (Å²) in [6, 6.07) is 0. The molecule has 0 amide bonds. The SMILES string of the molecule is CC(Cc1cnc(C(C)Cl)o1)CC(C)(C)C. The Hall–Kier alpha value is -0.500. The summed E-state index contributed by atoms with van der Waals surface area (Å²) in [5.41, 5.74) is 0.363. The molecule has 16 heavy (non-hydrogen) atoms. The fraction of sp³-hybridized carbons (Fsp3) is 0.769. The van der Waals surface area contributed by atoms with Crippen molar-refractivity contribution in [1.29, 1.82) is 0 Å². The minimum absolute atomic E-state index is 0.147. The first kappa shape index (κ1) is 13.6. The van der Waals surface area contributed by atoms with Gasteiger partial charge in [0.05, 0.1) is 6.20 Å². The Morgan fingerprint density at radius 3 is 2.44 bits per heavy atom. The molecule has 2 atom stereocenters. The summed E-state index contributed by atoms with van der Waals surface area (Å²) in [5, 5.41) is -0.147. The summed E-state index contributed by atoms with van der Waals surface area (Å²) < 4.78 is 5.59. The minimum atomic E-state index is -0.147. The maximum Gasteiger partial charge on any atom is 0.212 e. The molecule has 0 aliphatic heterocycles. The number of halogens is 1. The van der Waals surface area contributed by atoms with Crippen LogP contribution in [0.2, 0.25) is 0 Å². The predicted molar refractivity (Wildman–Crippen MR) is 67.7 cm³/mol. The molecule has 0 saturated heterocycles. The second-order valence-corrected chi connectivity index (χ2v) is 6.51. The zero-order valence-electron chi connectivity index (χ0n) is 10.9. The van der Waals surface area contributed by atoms with Crippen LogP contribution in [0.5, 0.6) is 0 Å². The Labute approximate surface area is 103 Å². The third kappa shape index (κ3) is 4.56. The number of rotatable bonds is 4. The molecular formula is C13H22ClNO. The topological polar surface area (TPSA) is 26.0 Å². The standard InChI is InChI=1S/C13H22ClNO/c1-9(7-13(3,4)5)6-11-8-15-12(16-11)10(2)14/h8-10H,6-7H2,1-5H3. The molecule has 1 rings (SSSR count). The van der Waals surface area contributed by atoms with Crippen molar-refractivity contribution in [3.63, 3.8) is 0 Å². The molecule has 92 valence electrons. The van der Waals surface area contributed by atoms with Crippen LogP contribution in [0.25, 0.3) is 0 Å². The van der Waals surface area contributed by atoms with Crippen LogP contribution >= 0.6 is 11.6 Å². The number of aromatic nitrogens is 1. The average molecular weight is 244 g/mol. The van der Waals surface area contributed by atoms with E-state index < -0.39 is 0 Å². The van der Waals surface area contributed by atoms with E-state index in [-0.39, 0.29) is 5.38 Å². The van der Waals surface area contributed by atoms with Gasteiger partial charge in [0.2, 0.25) is 5.89 Å². The van der Waals surface area contributed by atoms with E-state index in [9.17, 15) is 0 Å². The van der Waals surface area contributed by atoms with Gasteiger partial charge in [0.25, 0.3) is 0 Å². The van der Waals surface area contributed by atoms with Crippen molar-refractivity contribution in [2.24, 2.45) is 11.3 Å². The maximum absolute atomic E-state index is 5.90. The molecular weight excluding hydrogens is 222 g/mol. The number of nitrogens with zero attached hydrogens (tertiary/aromatic N) is 1. The van der Waals surface area contributed by atoms with Crippen molar-refractivity contribution in [2.45, 2.75) is 52.8 Å². The van der Waals surface area contributed by atoms with Gasteiger partial charge in [-0.25, -0.2) is 4.98 Å². The van der Waals surface area contributed by atoms with E-state index in [0.29, 0.717) is 17.2 Å². The van der Waals surface area contributed by atoms with Crippen LogP contribution in [0.15, 0.2) is 10.6 Å². The van der Waals surface area contributed by atoms with Crippen molar-refractivity contribution in [3.8, 4) is 0 Å². The third-order valence-electron chi connectivity index (χ3n) is 2.42. The average Bonchev–Trinajstić information content (AvgIpc) is 2.48. The van der Waals surface area contributed by atoms with Gasteiger partial charge in [-0.1, -0.05) is 27.7 Å². The largest absolute Gasteiger partial charge is 0.444 e. The quantitative estimate of drug-likeness (QED) is 0.723. The summed E-state index contributed by atoms with van der Waals surface area (Å²) >= 11 is 5.90. The highest BCUT2D eigenvalue weighted by atomic mass is 35.5. The summed E-state index contributed by atoms with van der Waals surface area (Å²) in [4.78, 5) is 4.17. The Kier molecular flexibility index (Phi) is 4.43. The maximum atomic E-state index is 5.90. The molecule has 0 fully saturated rings. The normalized spacial score (nSPS) is 16.1. The van der Waals surface area contributed by atoms with Gasteiger partial charge in [-0.05, 0) is 24.7 Å². The van der Waals surface area contributed by atoms with E-state index in [1.807, 2.05) is 6.92 Å². The smallest absolute Gasteiger partial charge is 0.212 e. The van der Waals surface area contributed by atoms with Gasteiger partial charge in [-0.2, -0.15) is 0 Å². The van der Waals surface area contributed by atoms with Crippen LogP contribution in [-0.2, 0) is 6.42 Å². The van der Waals surface area contributed by atoms with Crippen molar-refractivity contribution < 1.29 is 4.42 Å².